The lowest BCUT2D eigenvalue weighted by Gasteiger charge is -2.02. The number of anilines is 1. The van der Waals surface area contributed by atoms with Crippen molar-refractivity contribution in [3.63, 3.8) is 0 Å². The van der Waals surface area contributed by atoms with Crippen LogP contribution in [0.2, 0.25) is 5.02 Å². The smallest absolute Gasteiger partial charge is 0.230 e. The van der Waals surface area contributed by atoms with Crippen LogP contribution in [0.25, 0.3) is 0 Å². The summed E-state index contributed by atoms with van der Waals surface area (Å²) in [5.74, 6) is -0.0818. The van der Waals surface area contributed by atoms with Crippen molar-refractivity contribution in [2.75, 3.05) is 5.32 Å². The first-order chi connectivity index (χ1) is 8.13. The Bertz CT molecular complexity index is 539. The molecule has 17 heavy (non-hydrogen) atoms. The van der Waals surface area contributed by atoms with Gasteiger partial charge in [0.1, 0.15) is 0 Å². The molecule has 88 valence electrons. The quantitative estimate of drug-likeness (QED) is 0.926. The Kier molecular flexibility index (Phi) is 3.76. The molecule has 1 aromatic carbocycles. The van der Waals surface area contributed by atoms with Gasteiger partial charge in [-0.3, -0.25) is 4.79 Å². The molecular weight excluding hydrogens is 256 g/mol. The fourth-order valence-electron chi connectivity index (χ4n) is 1.41. The van der Waals surface area contributed by atoms with Gasteiger partial charge in [0.25, 0.3) is 0 Å². The summed E-state index contributed by atoms with van der Waals surface area (Å²) in [6.07, 6.45) is 0.305. The lowest BCUT2D eigenvalue weighted by molar-refractivity contribution is -0.115. The Hall–Kier alpha value is -1.39. The molecule has 1 heterocycles. The molecule has 0 fully saturated rings. The molecule has 1 amide bonds. The molecule has 1 aromatic heterocycles. The normalized spacial score (nSPS) is 10.2. The molecule has 3 nitrogen and oxygen atoms in total. The van der Waals surface area contributed by atoms with E-state index in [0.717, 1.165) is 11.3 Å². The van der Waals surface area contributed by atoms with Gasteiger partial charge in [-0.05, 0) is 24.6 Å². The van der Waals surface area contributed by atoms with E-state index in [1.54, 1.807) is 12.1 Å². The fraction of sp³-hybridized carbons (Fsp3) is 0.167. The molecule has 0 atom stereocenters. The number of halogens is 1. The zero-order valence-corrected chi connectivity index (χ0v) is 10.8. The van der Waals surface area contributed by atoms with Crippen LogP contribution in [-0.4, -0.2) is 10.9 Å². The molecular formula is C12H11ClN2OS. The van der Waals surface area contributed by atoms with Crippen molar-refractivity contribution in [3.8, 4) is 0 Å². The molecule has 2 aromatic rings. The van der Waals surface area contributed by atoms with Gasteiger partial charge < -0.3 is 5.32 Å². The van der Waals surface area contributed by atoms with Gasteiger partial charge in [-0.15, -0.1) is 11.3 Å². The summed E-state index contributed by atoms with van der Waals surface area (Å²) in [7, 11) is 0. The Morgan fingerprint density at radius 2 is 2.35 bits per heavy atom. The minimum Gasteiger partial charge on any atom is -0.302 e. The summed E-state index contributed by atoms with van der Waals surface area (Å²) in [6.45, 7) is 1.89. The van der Waals surface area contributed by atoms with E-state index in [1.165, 1.54) is 11.3 Å². The number of rotatable bonds is 3. The van der Waals surface area contributed by atoms with E-state index in [4.69, 9.17) is 11.6 Å². The van der Waals surface area contributed by atoms with Crippen LogP contribution in [-0.2, 0) is 11.2 Å². The number of hydrogen-bond donors (Lipinski definition) is 1. The average molecular weight is 267 g/mol. The Labute approximate surface area is 108 Å². The Morgan fingerprint density at radius 3 is 3.00 bits per heavy atom. The van der Waals surface area contributed by atoms with Gasteiger partial charge in [0.15, 0.2) is 5.13 Å². The number of aryl methyl sites for hydroxylation is 1. The summed E-state index contributed by atoms with van der Waals surface area (Å²) < 4.78 is 0. The second-order valence-electron chi connectivity index (χ2n) is 3.65. The second-order valence-corrected chi connectivity index (χ2v) is 4.94. The van der Waals surface area contributed by atoms with Gasteiger partial charge in [0, 0.05) is 10.4 Å². The van der Waals surface area contributed by atoms with Gasteiger partial charge in [-0.25, -0.2) is 4.98 Å². The number of thiazole rings is 1. The van der Waals surface area contributed by atoms with Crippen molar-refractivity contribution in [2.24, 2.45) is 0 Å². The standard InChI is InChI=1S/C12H11ClN2OS/c1-8-7-17-12(14-8)15-11(16)6-9-3-2-4-10(13)5-9/h2-5,7H,6H2,1H3,(H,14,15,16). The first kappa shape index (κ1) is 12.1. The molecule has 0 bridgehead atoms. The molecule has 0 saturated carbocycles. The third-order valence-electron chi connectivity index (χ3n) is 2.12. The third-order valence-corrected chi connectivity index (χ3v) is 3.23. The SMILES string of the molecule is Cc1csc(NC(=O)Cc2cccc(Cl)c2)n1. The number of nitrogens with zero attached hydrogens (tertiary/aromatic N) is 1. The number of amides is 1. The van der Waals surface area contributed by atoms with Crippen molar-refractivity contribution in [2.45, 2.75) is 13.3 Å². The zero-order valence-electron chi connectivity index (χ0n) is 9.24. The van der Waals surface area contributed by atoms with E-state index in [0.29, 0.717) is 16.6 Å². The van der Waals surface area contributed by atoms with Crippen LogP contribution >= 0.6 is 22.9 Å². The average Bonchev–Trinajstić information content (AvgIpc) is 2.63. The third kappa shape index (κ3) is 3.54. The van der Waals surface area contributed by atoms with Crippen LogP contribution in [0.5, 0.6) is 0 Å². The minimum atomic E-state index is -0.0818. The second kappa shape index (κ2) is 5.29. The Morgan fingerprint density at radius 1 is 1.53 bits per heavy atom. The van der Waals surface area contributed by atoms with Crippen LogP contribution in [0, 0.1) is 6.92 Å². The first-order valence-electron chi connectivity index (χ1n) is 5.10. The van der Waals surface area contributed by atoms with Gasteiger partial charge in [0.05, 0.1) is 12.1 Å². The van der Waals surface area contributed by atoms with Crippen LogP contribution in [0.4, 0.5) is 5.13 Å². The van der Waals surface area contributed by atoms with Gasteiger partial charge in [0.2, 0.25) is 5.91 Å². The van der Waals surface area contributed by atoms with Crippen molar-refractivity contribution in [1.29, 1.82) is 0 Å². The summed E-state index contributed by atoms with van der Waals surface area (Å²) in [5, 5.41) is 5.93. The largest absolute Gasteiger partial charge is 0.302 e. The molecule has 0 radical (unpaired) electrons. The summed E-state index contributed by atoms with van der Waals surface area (Å²) in [6, 6.07) is 7.28. The molecule has 1 N–H and O–H groups in total. The van der Waals surface area contributed by atoms with Gasteiger partial charge >= 0.3 is 0 Å². The van der Waals surface area contributed by atoms with Crippen molar-refractivity contribution in [1.82, 2.24) is 4.98 Å². The maximum Gasteiger partial charge on any atom is 0.230 e. The number of hydrogen-bond acceptors (Lipinski definition) is 3. The van der Waals surface area contributed by atoms with Crippen molar-refractivity contribution >= 4 is 34.0 Å². The molecule has 5 heteroatoms. The van der Waals surface area contributed by atoms with Gasteiger partial charge in [-0.1, -0.05) is 23.7 Å². The summed E-state index contributed by atoms with van der Waals surface area (Å²) >= 11 is 7.27. The maximum atomic E-state index is 11.7. The van der Waals surface area contributed by atoms with E-state index in [9.17, 15) is 4.79 Å². The predicted molar refractivity (Wildman–Crippen MR) is 70.6 cm³/mol. The maximum absolute atomic E-state index is 11.7. The monoisotopic (exact) mass is 266 g/mol. The zero-order chi connectivity index (χ0) is 12.3. The van der Waals surface area contributed by atoms with E-state index in [1.807, 2.05) is 24.4 Å². The van der Waals surface area contributed by atoms with Crippen LogP contribution < -0.4 is 5.32 Å². The topological polar surface area (TPSA) is 42.0 Å². The molecule has 2 rings (SSSR count). The van der Waals surface area contributed by atoms with E-state index in [-0.39, 0.29) is 5.91 Å². The van der Waals surface area contributed by atoms with Crippen LogP contribution in [0.1, 0.15) is 11.3 Å². The lowest BCUT2D eigenvalue weighted by atomic mass is 10.1. The molecule has 0 spiro atoms. The fourth-order valence-corrected chi connectivity index (χ4v) is 2.32. The van der Waals surface area contributed by atoms with Crippen LogP contribution in [0.15, 0.2) is 29.6 Å². The van der Waals surface area contributed by atoms with Crippen molar-refractivity contribution in [3.05, 3.63) is 45.9 Å². The predicted octanol–water partition coefficient (Wildman–Crippen LogP) is 3.29. The number of carbonyl (C=O) groups is 1. The lowest BCUT2D eigenvalue weighted by Crippen LogP contribution is -2.14. The number of nitrogens with one attached hydrogen (secondary N) is 1. The number of benzene rings is 1. The van der Waals surface area contributed by atoms with Crippen LogP contribution in [0.3, 0.4) is 0 Å². The summed E-state index contributed by atoms with van der Waals surface area (Å²) in [4.78, 5) is 15.9. The Balaban J connectivity index is 1.98. The highest BCUT2D eigenvalue weighted by atomic mass is 35.5. The molecule has 0 aliphatic carbocycles. The minimum absolute atomic E-state index is 0.0818. The van der Waals surface area contributed by atoms with E-state index >= 15 is 0 Å². The highest BCUT2D eigenvalue weighted by molar-refractivity contribution is 7.13. The summed E-state index contributed by atoms with van der Waals surface area (Å²) in [5.41, 5.74) is 1.80. The molecule has 0 aliphatic rings. The highest BCUT2D eigenvalue weighted by Crippen LogP contribution is 2.15. The molecule has 0 aliphatic heterocycles. The van der Waals surface area contributed by atoms with E-state index in [2.05, 4.69) is 10.3 Å². The highest BCUT2D eigenvalue weighted by Gasteiger charge is 2.06. The first-order valence-corrected chi connectivity index (χ1v) is 6.35. The molecule has 0 saturated heterocycles. The number of aromatic nitrogens is 1. The molecule has 0 unspecified atom stereocenters. The number of carbonyl (C=O) groups excluding carboxylic acids is 1. The van der Waals surface area contributed by atoms with E-state index < -0.39 is 0 Å². The van der Waals surface area contributed by atoms with Gasteiger partial charge in [-0.2, -0.15) is 0 Å². The van der Waals surface area contributed by atoms with Crippen molar-refractivity contribution < 1.29 is 4.79 Å².